The minimum Gasteiger partial charge on any atom is -0.225 e. The zero-order valence-electron chi connectivity index (χ0n) is 14.1. The Balaban J connectivity index is 1.63. The first-order valence-corrected chi connectivity index (χ1v) is 9.32. The van der Waals surface area contributed by atoms with Crippen molar-refractivity contribution in [2.24, 2.45) is 5.92 Å². The van der Waals surface area contributed by atoms with Crippen LogP contribution in [0.4, 0.5) is 4.39 Å². The lowest BCUT2D eigenvalue weighted by Gasteiger charge is -2.17. The molecule has 6 nitrogen and oxygen atoms in total. The van der Waals surface area contributed by atoms with Gasteiger partial charge in [-0.25, -0.2) is 14.4 Å². The van der Waals surface area contributed by atoms with Crippen LogP contribution in [0.25, 0.3) is 27.4 Å². The smallest absolute Gasteiger partial charge is 0.205 e. The van der Waals surface area contributed by atoms with Gasteiger partial charge in [-0.15, -0.1) is 26.3 Å². The molecule has 26 heavy (non-hydrogen) atoms. The lowest BCUT2D eigenvalue weighted by molar-refractivity contribution is 0.509. The highest BCUT2D eigenvalue weighted by molar-refractivity contribution is 7.18. The normalized spacial score (nSPS) is 16.8. The molecule has 1 aliphatic carbocycles. The zero-order chi connectivity index (χ0) is 17.7. The van der Waals surface area contributed by atoms with Crippen LogP contribution in [-0.4, -0.2) is 30.2 Å². The van der Waals surface area contributed by atoms with E-state index < -0.39 is 0 Å². The summed E-state index contributed by atoms with van der Waals surface area (Å²) in [5, 5.41) is 13.8. The molecular weight excluding hydrogens is 351 g/mol. The SMILES string of the molecule is CC1CCc2c(sc3ncnc(-n4nnc(-c5ccc(F)cc5)n4)c23)C1. The predicted molar refractivity (Wildman–Crippen MR) is 96.7 cm³/mol. The quantitative estimate of drug-likeness (QED) is 0.542. The molecule has 3 aromatic heterocycles. The van der Waals surface area contributed by atoms with Gasteiger partial charge in [0.15, 0.2) is 5.82 Å². The number of hydrogen-bond donors (Lipinski definition) is 0. The van der Waals surface area contributed by atoms with Crippen LogP contribution in [0.1, 0.15) is 23.8 Å². The molecule has 8 heteroatoms. The predicted octanol–water partition coefficient (Wildman–Crippen LogP) is 3.60. The molecule has 1 aliphatic rings. The number of aromatic nitrogens is 6. The number of halogens is 1. The summed E-state index contributed by atoms with van der Waals surface area (Å²) in [6.07, 6.45) is 4.82. The Morgan fingerprint density at radius 2 is 2.04 bits per heavy atom. The van der Waals surface area contributed by atoms with E-state index in [4.69, 9.17) is 0 Å². The first-order chi connectivity index (χ1) is 12.7. The van der Waals surface area contributed by atoms with Gasteiger partial charge in [0.05, 0.1) is 5.39 Å². The first kappa shape index (κ1) is 15.5. The van der Waals surface area contributed by atoms with Gasteiger partial charge in [0.2, 0.25) is 5.82 Å². The Hall–Kier alpha value is -2.74. The summed E-state index contributed by atoms with van der Waals surface area (Å²) >= 11 is 1.74. The van der Waals surface area contributed by atoms with E-state index in [0.29, 0.717) is 23.1 Å². The van der Waals surface area contributed by atoms with Crippen molar-refractivity contribution in [2.45, 2.75) is 26.2 Å². The van der Waals surface area contributed by atoms with Gasteiger partial charge < -0.3 is 0 Å². The van der Waals surface area contributed by atoms with Crippen molar-refractivity contribution in [1.82, 2.24) is 30.2 Å². The van der Waals surface area contributed by atoms with E-state index in [1.165, 1.54) is 33.8 Å². The summed E-state index contributed by atoms with van der Waals surface area (Å²) in [4.78, 5) is 12.7. The van der Waals surface area contributed by atoms with Gasteiger partial charge in [-0.2, -0.15) is 0 Å². The molecule has 0 saturated heterocycles. The van der Waals surface area contributed by atoms with Crippen molar-refractivity contribution in [3.05, 3.63) is 46.9 Å². The molecule has 0 saturated carbocycles. The lowest BCUT2D eigenvalue weighted by Crippen LogP contribution is -2.10. The molecule has 1 atom stereocenters. The largest absolute Gasteiger partial charge is 0.225 e. The van der Waals surface area contributed by atoms with E-state index >= 15 is 0 Å². The highest BCUT2D eigenvalue weighted by Gasteiger charge is 2.24. The molecule has 5 rings (SSSR count). The summed E-state index contributed by atoms with van der Waals surface area (Å²) in [6, 6.07) is 6.05. The molecule has 0 radical (unpaired) electrons. The van der Waals surface area contributed by atoms with E-state index in [0.717, 1.165) is 23.1 Å². The molecule has 0 amide bonds. The lowest BCUT2D eigenvalue weighted by atomic mass is 9.89. The van der Waals surface area contributed by atoms with E-state index in [1.54, 1.807) is 29.8 Å². The third-order valence-electron chi connectivity index (χ3n) is 4.78. The number of rotatable bonds is 2. The van der Waals surface area contributed by atoms with Crippen LogP contribution in [0.2, 0.25) is 0 Å². The van der Waals surface area contributed by atoms with Crippen LogP contribution >= 0.6 is 11.3 Å². The molecule has 4 aromatic rings. The topological polar surface area (TPSA) is 69.4 Å². The Morgan fingerprint density at radius 3 is 2.88 bits per heavy atom. The molecule has 0 fully saturated rings. The second-order valence-electron chi connectivity index (χ2n) is 6.64. The average molecular weight is 366 g/mol. The van der Waals surface area contributed by atoms with Crippen LogP contribution < -0.4 is 0 Å². The maximum atomic E-state index is 13.1. The number of nitrogens with zero attached hydrogens (tertiary/aromatic N) is 6. The summed E-state index contributed by atoms with van der Waals surface area (Å²) < 4.78 is 13.1. The van der Waals surface area contributed by atoms with Crippen molar-refractivity contribution in [3.63, 3.8) is 0 Å². The standard InChI is InChI=1S/C18H15FN6S/c1-10-2-7-13-14(8-10)26-18-15(13)17(20-9-21-18)25-23-16(22-24-25)11-3-5-12(19)6-4-11/h3-6,9-10H,2,7-8H2,1H3. The van der Waals surface area contributed by atoms with Crippen molar-refractivity contribution in [1.29, 1.82) is 0 Å². The molecule has 0 bridgehead atoms. The molecule has 0 aliphatic heterocycles. The molecule has 0 N–H and O–H groups in total. The number of tetrazole rings is 1. The highest BCUT2D eigenvalue weighted by atomic mass is 32.1. The van der Waals surface area contributed by atoms with Crippen molar-refractivity contribution < 1.29 is 4.39 Å². The molecule has 3 heterocycles. The van der Waals surface area contributed by atoms with Crippen molar-refractivity contribution >= 4 is 21.6 Å². The maximum Gasteiger partial charge on any atom is 0.205 e. The third kappa shape index (κ3) is 2.48. The van der Waals surface area contributed by atoms with Crippen LogP contribution in [0.15, 0.2) is 30.6 Å². The zero-order valence-corrected chi connectivity index (χ0v) is 14.9. The van der Waals surface area contributed by atoms with E-state index in [1.807, 2.05) is 0 Å². The van der Waals surface area contributed by atoms with Gasteiger partial charge in [-0.05, 0) is 60.2 Å². The second-order valence-corrected chi connectivity index (χ2v) is 7.72. The van der Waals surface area contributed by atoms with Crippen LogP contribution in [-0.2, 0) is 12.8 Å². The van der Waals surface area contributed by atoms with Crippen molar-refractivity contribution in [2.75, 3.05) is 0 Å². The van der Waals surface area contributed by atoms with Gasteiger partial charge in [-0.3, -0.25) is 0 Å². The number of thiophene rings is 1. The number of aryl methyl sites for hydroxylation is 1. The second kappa shape index (κ2) is 5.91. The molecule has 130 valence electrons. The van der Waals surface area contributed by atoms with Gasteiger partial charge >= 0.3 is 0 Å². The minimum absolute atomic E-state index is 0.294. The number of benzene rings is 1. The molecule has 1 unspecified atom stereocenters. The number of hydrogen-bond acceptors (Lipinski definition) is 6. The van der Waals surface area contributed by atoms with Crippen LogP contribution in [0.5, 0.6) is 0 Å². The van der Waals surface area contributed by atoms with Gasteiger partial charge in [0.1, 0.15) is 17.0 Å². The molecular formula is C18H15FN6S. The van der Waals surface area contributed by atoms with Gasteiger partial charge in [0.25, 0.3) is 0 Å². The van der Waals surface area contributed by atoms with Crippen LogP contribution in [0, 0.1) is 11.7 Å². The van der Waals surface area contributed by atoms with Crippen LogP contribution in [0.3, 0.4) is 0 Å². The molecule has 0 spiro atoms. The fraction of sp³-hybridized carbons (Fsp3) is 0.278. The van der Waals surface area contributed by atoms with Gasteiger partial charge in [-0.1, -0.05) is 6.92 Å². The third-order valence-corrected chi connectivity index (χ3v) is 5.94. The Bertz CT molecular complexity index is 1100. The Morgan fingerprint density at radius 1 is 1.19 bits per heavy atom. The van der Waals surface area contributed by atoms with E-state index in [9.17, 15) is 4.39 Å². The summed E-state index contributed by atoms with van der Waals surface area (Å²) in [7, 11) is 0. The Kier molecular flexibility index (Phi) is 3.53. The number of fused-ring (bicyclic) bond motifs is 3. The minimum atomic E-state index is -0.294. The highest BCUT2D eigenvalue weighted by Crippen LogP contribution is 2.38. The summed E-state index contributed by atoms with van der Waals surface area (Å²) in [6.45, 7) is 2.29. The van der Waals surface area contributed by atoms with E-state index in [-0.39, 0.29) is 5.82 Å². The molecule has 1 aromatic carbocycles. The summed E-state index contributed by atoms with van der Waals surface area (Å²) in [5.41, 5.74) is 2.03. The average Bonchev–Trinajstić information content (AvgIpc) is 3.26. The fourth-order valence-corrected chi connectivity index (χ4v) is 4.77. The summed E-state index contributed by atoms with van der Waals surface area (Å²) in [5.74, 6) is 1.50. The van der Waals surface area contributed by atoms with Gasteiger partial charge in [0, 0.05) is 10.4 Å². The Labute approximate surface area is 152 Å². The fourth-order valence-electron chi connectivity index (χ4n) is 3.43. The van der Waals surface area contributed by atoms with E-state index in [2.05, 4.69) is 32.3 Å². The monoisotopic (exact) mass is 366 g/mol. The van der Waals surface area contributed by atoms with Crippen molar-refractivity contribution in [3.8, 4) is 17.2 Å². The first-order valence-electron chi connectivity index (χ1n) is 8.50. The maximum absolute atomic E-state index is 13.1.